The molecule has 3 nitrogen and oxygen atoms in total. The number of alkyl halides is 2. The van der Waals surface area contributed by atoms with Crippen LogP contribution in [0.15, 0.2) is 35.7 Å². The van der Waals surface area contributed by atoms with E-state index in [1.54, 1.807) is 0 Å². The van der Waals surface area contributed by atoms with Crippen molar-refractivity contribution in [2.45, 2.75) is 19.3 Å². The minimum Gasteiger partial charge on any atom is -0.432 e. The lowest BCUT2D eigenvalue weighted by atomic mass is 10.2. The third kappa shape index (κ3) is 4.73. The zero-order chi connectivity index (χ0) is 15.2. The number of benzene rings is 1. The zero-order valence-corrected chi connectivity index (χ0v) is 11.7. The first kappa shape index (κ1) is 15.8. The van der Waals surface area contributed by atoms with Crippen LogP contribution in [0, 0.1) is 5.82 Å². The first-order valence-electron chi connectivity index (χ1n) is 6.21. The molecule has 0 saturated carbocycles. The van der Waals surface area contributed by atoms with Gasteiger partial charge in [0.2, 0.25) is 0 Å². The number of aliphatic hydroxyl groups excluding tert-OH is 1. The Bertz CT molecular complexity index is 563. The molecule has 1 heterocycles. The van der Waals surface area contributed by atoms with Crippen LogP contribution >= 0.6 is 11.3 Å². The third-order valence-corrected chi connectivity index (χ3v) is 3.72. The standard InChI is InChI=1S/C14H14F3NO2S/c15-10-6-9(3-4-12(10)20-14(16)17)7-18-8-11(19)13-2-1-5-21-13/h1-6,11,14,18-19H,7-8H2/t11-/m1/s1. The monoisotopic (exact) mass is 317 g/mol. The van der Waals surface area contributed by atoms with E-state index in [0.717, 1.165) is 17.0 Å². The Morgan fingerprint density at radius 3 is 2.71 bits per heavy atom. The summed E-state index contributed by atoms with van der Waals surface area (Å²) in [5.41, 5.74) is 0.576. The summed E-state index contributed by atoms with van der Waals surface area (Å²) in [6.45, 7) is -2.42. The second-order valence-electron chi connectivity index (χ2n) is 4.31. The number of hydrogen-bond donors (Lipinski definition) is 2. The molecule has 2 rings (SSSR count). The van der Waals surface area contributed by atoms with Crippen molar-refractivity contribution in [3.05, 3.63) is 52.0 Å². The van der Waals surface area contributed by atoms with Crippen LogP contribution in [0.5, 0.6) is 5.75 Å². The highest BCUT2D eigenvalue weighted by Gasteiger charge is 2.11. The lowest BCUT2D eigenvalue weighted by Crippen LogP contribution is -2.20. The number of hydrogen-bond acceptors (Lipinski definition) is 4. The largest absolute Gasteiger partial charge is 0.432 e. The average molecular weight is 317 g/mol. The Hall–Kier alpha value is -1.57. The molecule has 0 unspecified atom stereocenters. The van der Waals surface area contributed by atoms with Gasteiger partial charge in [-0.25, -0.2) is 4.39 Å². The molecular formula is C14H14F3NO2S. The smallest absolute Gasteiger partial charge is 0.387 e. The van der Waals surface area contributed by atoms with E-state index in [9.17, 15) is 18.3 Å². The van der Waals surface area contributed by atoms with Gasteiger partial charge < -0.3 is 15.2 Å². The summed E-state index contributed by atoms with van der Waals surface area (Å²) in [4.78, 5) is 0.842. The van der Waals surface area contributed by atoms with Crippen LogP contribution in [-0.2, 0) is 6.54 Å². The molecule has 0 bridgehead atoms. The Balaban J connectivity index is 1.85. The Labute approximate surface area is 124 Å². The van der Waals surface area contributed by atoms with Crippen molar-refractivity contribution in [3.8, 4) is 5.75 Å². The fraction of sp³-hybridized carbons (Fsp3) is 0.286. The second-order valence-corrected chi connectivity index (χ2v) is 5.28. The van der Waals surface area contributed by atoms with Crippen molar-refractivity contribution < 1.29 is 23.0 Å². The summed E-state index contributed by atoms with van der Waals surface area (Å²) in [5, 5.41) is 14.7. The van der Waals surface area contributed by atoms with E-state index in [2.05, 4.69) is 10.1 Å². The minimum absolute atomic E-state index is 0.314. The maximum atomic E-state index is 13.5. The predicted octanol–water partition coefficient (Wildman–Crippen LogP) is 3.31. The fourth-order valence-corrected chi connectivity index (χ4v) is 2.49. The van der Waals surface area contributed by atoms with Crippen LogP contribution < -0.4 is 10.1 Å². The van der Waals surface area contributed by atoms with E-state index in [-0.39, 0.29) is 0 Å². The summed E-state index contributed by atoms with van der Waals surface area (Å²) in [5.74, 6) is -1.32. The van der Waals surface area contributed by atoms with Crippen molar-refractivity contribution in [3.63, 3.8) is 0 Å². The van der Waals surface area contributed by atoms with Crippen molar-refractivity contribution >= 4 is 11.3 Å². The predicted molar refractivity (Wildman–Crippen MR) is 74.0 cm³/mol. The molecule has 2 aromatic rings. The molecule has 0 amide bonds. The van der Waals surface area contributed by atoms with Crippen LogP contribution in [-0.4, -0.2) is 18.3 Å². The molecule has 0 aliphatic heterocycles. The second kappa shape index (κ2) is 7.44. The van der Waals surface area contributed by atoms with Gasteiger partial charge in [-0.05, 0) is 29.1 Å². The van der Waals surface area contributed by atoms with E-state index in [1.807, 2.05) is 17.5 Å². The molecule has 0 saturated heterocycles. The van der Waals surface area contributed by atoms with Crippen LogP contribution in [0.3, 0.4) is 0 Å². The third-order valence-electron chi connectivity index (χ3n) is 2.75. The van der Waals surface area contributed by atoms with Gasteiger partial charge in [-0.15, -0.1) is 11.3 Å². The maximum absolute atomic E-state index is 13.5. The Morgan fingerprint density at radius 1 is 1.29 bits per heavy atom. The molecule has 114 valence electrons. The molecule has 0 aliphatic rings. The SMILES string of the molecule is O[C@H](CNCc1ccc(OC(F)F)c(F)c1)c1cccs1. The van der Waals surface area contributed by atoms with E-state index in [0.29, 0.717) is 18.7 Å². The number of ether oxygens (including phenoxy) is 1. The van der Waals surface area contributed by atoms with Gasteiger partial charge in [0.1, 0.15) is 6.10 Å². The minimum atomic E-state index is -3.05. The lowest BCUT2D eigenvalue weighted by Gasteiger charge is -2.11. The summed E-state index contributed by atoms with van der Waals surface area (Å²) >= 11 is 1.45. The normalized spacial score (nSPS) is 12.6. The highest BCUT2D eigenvalue weighted by atomic mass is 32.1. The lowest BCUT2D eigenvalue weighted by molar-refractivity contribution is -0.0522. The molecule has 1 aromatic heterocycles. The maximum Gasteiger partial charge on any atom is 0.387 e. The molecule has 0 aliphatic carbocycles. The fourth-order valence-electron chi connectivity index (χ4n) is 1.78. The molecular weight excluding hydrogens is 303 g/mol. The van der Waals surface area contributed by atoms with Crippen molar-refractivity contribution in [1.29, 1.82) is 0 Å². The topological polar surface area (TPSA) is 41.5 Å². The summed E-state index contributed by atoms with van der Waals surface area (Å²) in [6.07, 6.45) is -0.628. The van der Waals surface area contributed by atoms with E-state index < -0.39 is 24.3 Å². The van der Waals surface area contributed by atoms with E-state index in [1.165, 1.54) is 17.4 Å². The highest BCUT2D eigenvalue weighted by molar-refractivity contribution is 7.10. The number of nitrogens with one attached hydrogen (secondary N) is 1. The summed E-state index contributed by atoms with van der Waals surface area (Å²) < 4.78 is 41.5. The van der Waals surface area contributed by atoms with Crippen molar-refractivity contribution in [2.24, 2.45) is 0 Å². The van der Waals surface area contributed by atoms with Crippen LogP contribution in [0.4, 0.5) is 13.2 Å². The zero-order valence-electron chi connectivity index (χ0n) is 10.9. The highest BCUT2D eigenvalue weighted by Crippen LogP contribution is 2.21. The van der Waals surface area contributed by atoms with Crippen LogP contribution in [0.25, 0.3) is 0 Å². The summed E-state index contributed by atoms with van der Waals surface area (Å²) in [6, 6.07) is 7.45. The van der Waals surface area contributed by atoms with E-state index in [4.69, 9.17) is 0 Å². The van der Waals surface area contributed by atoms with Gasteiger partial charge >= 0.3 is 6.61 Å². The van der Waals surface area contributed by atoms with Gasteiger partial charge in [-0.2, -0.15) is 8.78 Å². The Kier molecular flexibility index (Phi) is 5.60. The Morgan fingerprint density at radius 2 is 2.10 bits per heavy atom. The molecule has 21 heavy (non-hydrogen) atoms. The molecule has 7 heteroatoms. The molecule has 0 spiro atoms. The molecule has 1 aromatic carbocycles. The quantitative estimate of drug-likeness (QED) is 0.823. The van der Waals surface area contributed by atoms with Crippen molar-refractivity contribution in [2.75, 3.05) is 6.54 Å². The number of rotatable bonds is 7. The van der Waals surface area contributed by atoms with Gasteiger partial charge in [-0.3, -0.25) is 0 Å². The first-order chi connectivity index (χ1) is 10.1. The van der Waals surface area contributed by atoms with Crippen LogP contribution in [0.1, 0.15) is 16.5 Å². The first-order valence-corrected chi connectivity index (χ1v) is 7.09. The molecule has 0 fully saturated rings. The number of halogens is 3. The number of thiophene rings is 1. The van der Waals surface area contributed by atoms with Gasteiger partial charge in [0.15, 0.2) is 11.6 Å². The summed E-state index contributed by atoms with van der Waals surface area (Å²) in [7, 11) is 0. The van der Waals surface area contributed by atoms with Gasteiger partial charge in [0.25, 0.3) is 0 Å². The molecule has 1 atom stereocenters. The van der Waals surface area contributed by atoms with Crippen molar-refractivity contribution in [1.82, 2.24) is 5.32 Å². The molecule has 0 radical (unpaired) electrons. The van der Waals surface area contributed by atoms with Gasteiger partial charge in [0.05, 0.1) is 0 Å². The van der Waals surface area contributed by atoms with Gasteiger partial charge in [0, 0.05) is 18.0 Å². The average Bonchev–Trinajstić information content (AvgIpc) is 2.95. The van der Waals surface area contributed by atoms with E-state index >= 15 is 0 Å². The number of aliphatic hydroxyl groups is 1. The van der Waals surface area contributed by atoms with Crippen LogP contribution in [0.2, 0.25) is 0 Å². The molecule has 2 N–H and O–H groups in total. The van der Waals surface area contributed by atoms with Gasteiger partial charge in [-0.1, -0.05) is 12.1 Å².